The molecule has 180 valence electrons. The largest absolute Gasteiger partial charge is 0.467 e. The Morgan fingerprint density at radius 1 is 1.09 bits per heavy atom. The van der Waals surface area contributed by atoms with E-state index in [1.165, 1.54) is 11.8 Å². The van der Waals surface area contributed by atoms with E-state index in [0.717, 1.165) is 5.56 Å². The van der Waals surface area contributed by atoms with Crippen molar-refractivity contribution >= 4 is 28.7 Å². The topological polar surface area (TPSA) is 102 Å². The van der Waals surface area contributed by atoms with Gasteiger partial charge in [-0.2, -0.15) is 0 Å². The van der Waals surface area contributed by atoms with E-state index >= 15 is 0 Å². The van der Waals surface area contributed by atoms with E-state index in [9.17, 15) is 4.79 Å². The van der Waals surface area contributed by atoms with Gasteiger partial charge in [-0.05, 0) is 17.7 Å². The third-order valence-corrected chi connectivity index (χ3v) is 5.57. The van der Waals surface area contributed by atoms with Crippen molar-refractivity contribution in [3.05, 3.63) is 60.1 Å². The molecule has 0 saturated heterocycles. The SMILES string of the molecule is CC(C)(C)SC(=N)N(Cc1ccco1)C(=N)C(COCc1ccccc1)NC(=O)C(C)(C)C. The minimum absolute atomic E-state index is 0.0822. The highest BCUT2D eigenvalue weighted by Gasteiger charge is 2.31. The van der Waals surface area contributed by atoms with Gasteiger partial charge in [-0.1, -0.05) is 83.6 Å². The summed E-state index contributed by atoms with van der Waals surface area (Å²) < 4.78 is 11.2. The lowest BCUT2D eigenvalue weighted by molar-refractivity contribution is -0.129. The number of carbonyl (C=O) groups excluding carboxylic acids is 1. The summed E-state index contributed by atoms with van der Waals surface area (Å²) in [7, 11) is 0. The zero-order chi connectivity index (χ0) is 24.6. The number of hydrogen-bond donors (Lipinski definition) is 3. The molecule has 1 amide bonds. The second-order valence-corrected chi connectivity index (χ2v) is 11.7. The number of amidine groups is 2. The van der Waals surface area contributed by atoms with Crippen LogP contribution in [0.1, 0.15) is 52.9 Å². The first-order chi connectivity index (χ1) is 15.4. The van der Waals surface area contributed by atoms with Gasteiger partial charge in [0.2, 0.25) is 5.91 Å². The smallest absolute Gasteiger partial charge is 0.226 e. The summed E-state index contributed by atoms with van der Waals surface area (Å²) in [6.07, 6.45) is 1.57. The fourth-order valence-corrected chi connectivity index (χ4v) is 3.64. The highest BCUT2D eigenvalue weighted by atomic mass is 32.2. The first-order valence-electron chi connectivity index (χ1n) is 11.0. The molecule has 0 radical (unpaired) electrons. The maximum Gasteiger partial charge on any atom is 0.226 e. The highest BCUT2D eigenvalue weighted by molar-refractivity contribution is 8.14. The Morgan fingerprint density at radius 3 is 2.30 bits per heavy atom. The van der Waals surface area contributed by atoms with Crippen LogP contribution in [0.4, 0.5) is 0 Å². The van der Waals surface area contributed by atoms with Crippen molar-refractivity contribution in [3.63, 3.8) is 0 Å². The molecular formula is C25H36N4O3S. The molecule has 0 spiro atoms. The Bertz CT molecular complexity index is 915. The molecule has 8 heteroatoms. The van der Waals surface area contributed by atoms with Crippen LogP contribution in [0.25, 0.3) is 0 Å². The monoisotopic (exact) mass is 472 g/mol. The second kappa shape index (κ2) is 11.5. The Hall–Kier alpha value is -2.58. The van der Waals surface area contributed by atoms with E-state index in [1.807, 2.05) is 77.9 Å². The van der Waals surface area contributed by atoms with Gasteiger partial charge < -0.3 is 19.4 Å². The zero-order valence-corrected chi connectivity index (χ0v) is 21.2. The molecule has 1 atom stereocenters. The van der Waals surface area contributed by atoms with Gasteiger partial charge in [0.1, 0.15) is 17.6 Å². The summed E-state index contributed by atoms with van der Waals surface area (Å²) >= 11 is 1.35. The number of nitrogens with one attached hydrogen (secondary N) is 3. The Morgan fingerprint density at radius 2 is 1.76 bits per heavy atom. The molecule has 0 bridgehead atoms. The third kappa shape index (κ3) is 9.06. The van der Waals surface area contributed by atoms with E-state index in [2.05, 4.69) is 5.32 Å². The van der Waals surface area contributed by atoms with Gasteiger partial charge in [0.25, 0.3) is 0 Å². The van der Waals surface area contributed by atoms with E-state index < -0.39 is 11.5 Å². The van der Waals surface area contributed by atoms with Crippen molar-refractivity contribution in [1.82, 2.24) is 10.2 Å². The molecule has 0 saturated carbocycles. The number of furan rings is 1. The molecule has 1 unspecified atom stereocenters. The number of benzene rings is 1. The molecule has 1 aromatic heterocycles. The van der Waals surface area contributed by atoms with Crippen LogP contribution in [0.15, 0.2) is 53.1 Å². The molecule has 2 aromatic rings. The lowest BCUT2D eigenvalue weighted by Crippen LogP contribution is -2.53. The molecule has 3 N–H and O–H groups in total. The Labute approximate surface area is 201 Å². The molecule has 0 fully saturated rings. The van der Waals surface area contributed by atoms with Gasteiger partial charge >= 0.3 is 0 Å². The lowest BCUT2D eigenvalue weighted by atomic mass is 9.95. The Kier molecular flexibility index (Phi) is 9.31. The fourth-order valence-electron chi connectivity index (χ4n) is 2.79. The van der Waals surface area contributed by atoms with Crippen LogP contribution >= 0.6 is 11.8 Å². The first kappa shape index (κ1) is 26.7. The minimum Gasteiger partial charge on any atom is -0.467 e. The van der Waals surface area contributed by atoms with E-state index in [1.54, 1.807) is 17.2 Å². The number of carbonyl (C=O) groups is 1. The van der Waals surface area contributed by atoms with Crippen LogP contribution in [-0.2, 0) is 22.7 Å². The minimum atomic E-state index is -0.726. The average Bonchev–Trinajstić information content (AvgIpc) is 3.22. The predicted octanol–water partition coefficient (Wildman–Crippen LogP) is 5.27. The molecule has 7 nitrogen and oxygen atoms in total. The molecule has 33 heavy (non-hydrogen) atoms. The number of ether oxygens (including phenoxy) is 1. The van der Waals surface area contributed by atoms with Gasteiger partial charge in [0.05, 0.1) is 26.0 Å². The van der Waals surface area contributed by atoms with Crippen molar-refractivity contribution in [3.8, 4) is 0 Å². The van der Waals surface area contributed by atoms with E-state index in [0.29, 0.717) is 12.4 Å². The summed E-state index contributed by atoms with van der Waals surface area (Å²) in [5, 5.41) is 20.8. The average molecular weight is 473 g/mol. The number of thioether (sulfide) groups is 1. The summed E-state index contributed by atoms with van der Waals surface area (Å²) in [6, 6.07) is 12.6. The molecule has 2 rings (SSSR count). The van der Waals surface area contributed by atoms with Crippen LogP contribution in [0.3, 0.4) is 0 Å². The van der Waals surface area contributed by atoms with Crippen LogP contribution in [0, 0.1) is 16.2 Å². The number of nitrogens with zero attached hydrogens (tertiary/aromatic N) is 1. The quantitative estimate of drug-likeness (QED) is 0.359. The predicted molar refractivity (Wildman–Crippen MR) is 135 cm³/mol. The van der Waals surface area contributed by atoms with Gasteiger partial charge in [-0.3, -0.25) is 15.6 Å². The molecule has 1 heterocycles. The molecule has 0 aliphatic heterocycles. The van der Waals surface area contributed by atoms with Crippen LogP contribution in [0.5, 0.6) is 0 Å². The number of rotatable bonds is 8. The van der Waals surface area contributed by atoms with Crippen molar-refractivity contribution in [2.45, 2.75) is 65.5 Å². The van der Waals surface area contributed by atoms with Crippen LogP contribution in [0.2, 0.25) is 0 Å². The van der Waals surface area contributed by atoms with Gasteiger partial charge in [-0.15, -0.1) is 0 Å². The van der Waals surface area contributed by atoms with Crippen LogP contribution in [-0.4, -0.2) is 39.2 Å². The molecule has 0 aliphatic carbocycles. The maximum atomic E-state index is 12.8. The van der Waals surface area contributed by atoms with Gasteiger partial charge in [0.15, 0.2) is 5.17 Å². The summed E-state index contributed by atoms with van der Waals surface area (Å²) in [5.41, 5.74) is 0.380. The fraction of sp³-hybridized carbons (Fsp3) is 0.480. The third-order valence-electron chi connectivity index (χ3n) is 4.55. The highest BCUT2D eigenvalue weighted by Crippen LogP contribution is 2.27. The standard InChI is InChI=1S/C25H36N4O3S/c1-24(2,3)22(30)28-20(17-31-16-18-11-8-7-9-12-18)21(26)29(15-19-13-10-14-32-19)23(27)33-25(4,5)6/h7-14,20,26-27H,15-17H2,1-6H3,(H,28,30). The van der Waals surface area contributed by atoms with Crippen molar-refractivity contribution in [2.75, 3.05) is 6.61 Å². The number of amides is 1. The summed E-state index contributed by atoms with van der Waals surface area (Å²) in [4.78, 5) is 14.4. The summed E-state index contributed by atoms with van der Waals surface area (Å²) in [5.74, 6) is 0.525. The first-order valence-corrected chi connectivity index (χ1v) is 11.8. The van der Waals surface area contributed by atoms with Gasteiger partial charge in [-0.25, -0.2) is 0 Å². The molecular weight excluding hydrogens is 436 g/mol. The van der Waals surface area contributed by atoms with Crippen LogP contribution < -0.4 is 5.32 Å². The van der Waals surface area contributed by atoms with Crippen molar-refractivity contribution < 1.29 is 13.9 Å². The van der Waals surface area contributed by atoms with E-state index in [-0.39, 0.29) is 34.8 Å². The van der Waals surface area contributed by atoms with Crippen molar-refractivity contribution in [1.29, 1.82) is 10.8 Å². The van der Waals surface area contributed by atoms with Crippen molar-refractivity contribution in [2.24, 2.45) is 5.41 Å². The maximum absolute atomic E-state index is 12.8. The van der Waals surface area contributed by atoms with Gasteiger partial charge in [0, 0.05) is 10.2 Å². The molecule has 1 aromatic carbocycles. The molecule has 0 aliphatic rings. The van der Waals surface area contributed by atoms with E-state index in [4.69, 9.17) is 20.0 Å². The lowest BCUT2D eigenvalue weighted by Gasteiger charge is -2.33. The zero-order valence-electron chi connectivity index (χ0n) is 20.4. The number of hydrogen-bond acceptors (Lipinski definition) is 6. The second-order valence-electron chi connectivity index (χ2n) is 9.85. The summed E-state index contributed by atoms with van der Waals surface area (Å²) in [6.45, 7) is 12.2. The normalized spacial score (nSPS) is 12.8. The Balaban J connectivity index is 2.24.